The number of nitrogens with one attached hydrogen (secondary N) is 1. The molecular formula is C68H131NO5. The lowest BCUT2D eigenvalue weighted by atomic mass is 10.0. The molecule has 0 fully saturated rings. The average molecular weight is 1040 g/mol. The topological polar surface area (TPSA) is 95.9 Å². The van der Waals surface area contributed by atoms with Gasteiger partial charge in [0, 0.05) is 12.8 Å². The number of carbonyl (C=O) groups excluding carboxylic acids is 2. The number of aliphatic hydroxyl groups is 2. The largest absolute Gasteiger partial charge is 0.466 e. The fourth-order valence-electron chi connectivity index (χ4n) is 10.6. The van der Waals surface area contributed by atoms with E-state index in [0.717, 1.165) is 70.6 Å². The Labute approximate surface area is 462 Å². The minimum atomic E-state index is -0.672. The number of hydrogen-bond acceptors (Lipinski definition) is 5. The van der Waals surface area contributed by atoms with Crippen LogP contribution in [0.2, 0.25) is 0 Å². The van der Waals surface area contributed by atoms with E-state index in [2.05, 4.69) is 43.5 Å². The van der Waals surface area contributed by atoms with E-state index in [1.807, 2.05) is 0 Å². The van der Waals surface area contributed by atoms with Gasteiger partial charge in [-0.1, -0.05) is 327 Å². The maximum atomic E-state index is 12.5. The van der Waals surface area contributed by atoms with Gasteiger partial charge in [-0.25, -0.2) is 0 Å². The van der Waals surface area contributed by atoms with Crippen LogP contribution in [0.15, 0.2) is 24.3 Å². The number of esters is 1. The van der Waals surface area contributed by atoms with Gasteiger partial charge in [0.25, 0.3) is 0 Å². The molecular weight excluding hydrogens is 911 g/mol. The SMILES string of the molecule is CCCCCCCCCCCCCCCCCCCCCCCCC(O)C(CO)NC(=O)CCCCCCCCCCCC/C=C\C=C/CCCCCOC(=O)CCCCCCCCCCCCCCCCCC. The summed E-state index contributed by atoms with van der Waals surface area (Å²) in [6.07, 6.45) is 79.2. The average Bonchev–Trinajstić information content (AvgIpc) is 3.40. The quantitative estimate of drug-likeness (QED) is 0.0320. The highest BCUT2D eigenvalue weighted by Crippen LogP contribution is 2.19. The van der Waals surface area contributed by atoms with Crippen LogP contribution in [0.1, 0.15) is 373 Å². The van der Waals surface area contributed by atoms with Crippen LogP contribution in [0, 0.1) is 0 Å². The first-order valence-corrected chi connectivity index (χ1v) is 33.6. The zero-order valence-corrected chi connectivity index (χ0v) is 50.1. The van der Waals surface area contributed by atoms with E-state index in [9.17, 15) is 19.8 Å². The summed E-state index contributed by atoms with van der Waals surface area (Å²) in [5, 5.41) is 23.4. The van der Waals surface area contributed by atoms with Gasteiger partial charge in [0.15, 0.2) is 0 Å². The van der Waals surface area contributed by atoms with E-state index >= 15 is 0 Å². The summed E-state index contributed by atoms with van der Waals surface area (Å²) >= 11 is 0. The number of allylic oxidation sites excluding steroid dienone is 4. The molecule has 0 radical (unpaired) electrons. The summed E-state index contributed by atoms with van der Waals surface area (Å²) in [5.74, 6) is -0.0497. The summed E-state index contributed by atoms with van der Waals surface area (Å²) in [6, 6.07) is -0.550. The van der Waals surface area contributed by atoms with Crippen molar-refractivity contribution in [3.05, 3.63) is 24.3 Å². The van der Waals surface area contributed by atoms with Gasteiger partial charge >= 0.3 is 5.97 Å². The predicted molar refractivity (Wildman–Crippen MR) is 324 cm³/mol. The van der Waals surface area contributed by atoms with Gasteiger partial charge in [0.05, 0.1) is 25.4 Å². The van der Waals surface area contributed by atoms with Gasteiger partial charge in [-0.2, -0.15) is 0 Å². The van der Waals surface area contributed by atoms with Crippen molar-refractivity contribution in [3.8, 4) is 0 Å². The molecule has 0 aromatic carbocycles. The molecule has 3 N–H and O–H groups in total. The van der Waals surface area contributed by atoms with Crippen molar-refractivity contribution in [2.75, 3.05) is 13.2 Å². The highest BCUT2D eigenvalue weighted by molar-refractivity contribution is 5.76. The third-order valence-electron chi connectivity index (χ3n) is 15.8. The number of carbonyl (C=O) groups is 2. The maximum Gasteiger partial charge on any atom is 0.305 e. The van der Waals surface area contributed by atoms with Crippen LogP contribution in [0.5, 0.6) is 0 Å². The van der Waals surface area contributed by atoms with Gasteiger partial charge in [-0.05, 0) is 57.8 Å². The lowest BCUT2D eigenvalue weighted by Crippen LogP contribution is -2.45. The van der Waals surface area contributed by atoms with Gasteiger partial charge in [-0.15, -0.1) is 0 Å². The smallest absolute Gasteiger partial charge is 0.305 e. The second kappa shape index (κ2) is 63.9. The Balaban J connectivity index is 3.45. The summed E-state index contributed by atoms with van der Waals surface area (Å²) in [7, 11) is 0. The molecule has 0 aliphatic rings. The van der Waals surface area contributed by atoms with Crippen molar-refractivity contribution in [1.82, 2.24) is 5.32 Å². The van der Waals surface area contributed by atoms with Crippen LogP contribution in [-0.4, -0.2) is 47.4 Å². The summed E-state index contributed by atoms with van der Waals surface area (Å²) < 4.78 is 5.47. The van der Waals surface area contributed by atoms with Crippen molar-refractivity contribution in [2.45, 2.75) is 386 Å². The molecule has 0 aromatic heterocycles. The number of hydrogen-bond donors (Lipinski definition) is 3. The predicted octanol–water partition coefficient (Wildman–Crippen LogP) is 21.4. The first-order chi connectivity index (χ1) is 36.5. The number of ether oxygens (including phenoxy) is 1. The molecule has 6 nitrogen and oxygen atoms in total. The molecule has 438 valence electrons. The van der Waals surface area contributed by atoms with Crippen molar-refractivity contribution in [2.24, 2.45) is 0 Å². The van der Waals surface area contributed by atoms with E-state index < -0.39 is 12.1 Å². The first kappa shape index (κ1) is 72.3. The lowest BCUT2D eigenvalue weighted by Gasteiger charge is -2.22. The number of unbranched alkanes of at least 4 members (excludes halogenated alkanes) is 49. The van der Waals surface area contributed by atoms with Crippen LogP contribution < -0.4 is 5.32 Å². The van der Waals surface area contributed by atoms with Crippen LogP contribution in [0.25, 0.3) is 0 Å². The molecule has 0 heterocycles. The first-order valence-electron chi connectivity index (χ1n) is 33.6. The Kier molecular flexibility index (Phi) is 62.4. The molecule has 1 amide bonds. The van der Waals surface area contributed by atoms with Crippen molar-refractivity contribution < 1.29 is 24.5 Å². The number of rotatable bonds is 63. The molecule has 2 atom stereocenters. The minimum absolute atomic E-state index is 0.00894. The van der Waals surface area contributed by atoms with E-state index in [-0.39, 0.29) is 18.5 Å². The van der Waals surface area contributed by atoms with Gasteiger partial charge in [0.1, 0.15) is 0 Å². The molecule has 0 aliphatic heterocycles. The van der Waals surface area contributed by atoms with Crippen molar-refractivity contribution in [1.29, 1.82) is 0 Å². The number of aliphatic hydroxyl groups excluding tert-OH is 2. The van der Waals surface area contributed by atoms with Gasteiger partial charge in [0.2, 0.25) is 5.91 Å². The highest BCUT2D eigenvalue weighted by Gasteiger charge is 2.20. The standard InChI is InChI=1S/C68H131NO5/c1-3-5-7-9-11-13-15-17-19-21-22-23-24-26-29-32-36-40-44-48-52-56-60-66(71)65(64-70)69-67(72)61-57-53-49-45-41-37-33-30-27-25-28-31-35-39-43-47-51-55-59-63-74-68(73)62-58-54-50-46-42-38-34-20-18-16-14-12-10-8-6-4-2/h31,35,39,43,65-66,70-71H,3-30,32-34,36-38,40-42,44-64H2,1-2H3,(H,69,72)/b35-31-,43-39-. The fraction of sp³-hybridized carbons (Fsp3) is 0.912. The molecule has 74 heavy (non-hydrogen) atoms. The second-order valence-corrected chi connectivity index (χ2v) is 23.2. The summed E-state index contributed by atoms with van der Waals surface area (Å²) in [6.45, 7) is 4.95. The Morgan fingerprint density at radius 3 is 1.00 bits per heavy atom. The lowest BCUT2D eigenvalue weighted by molar-refractivity contribution is -0.143. The molecule has 0 bridgehead atoms. The summed E-state index contributed by atoms with van der Waals surface area (Å²) in [4.78, 5) is 24.6. The monoisotopic (exact) mass is 1040 g/mol. The Morgan fingerprint density at radius 1 is 0.378 bits per heavy atom. The van der Waals surface area contributed by atoms with Crippen LogP contribution in [-0.2, 0) is 14.3 Å². The van der Waals surface area contributed by atoms with E-state index in [0.29, 0.717) is 25.9 Å². The summed E-state index contributed by atoms with van der Waals surface area (Å²) in [5.41, 5.74) is 0. The van der Waals surface area contributed by atoms with Gasteiger partial charge < -0.3 is 20.3 Å². The Bertz CT molecular complexity index is 1150. The maximum absolute atomic E-state index is 12.5. The molecule has 0 rings (SSSR count). The van der Waals surface area contributed by atoms with E-state index in [1.165, 1.54) is 270 Å². The molecule has 2 unspecified atom stereocenters. The zero-order chi connectivity index (χ0) is 53.6. The molecule has 0 saturated heterocycles. The third-order valence-corrected chi connectivity index (χ3v) is 15.8. The van der Waals surface area contributed by atoms with Crippen molar-refractivity contribution in [3.63, 3.8) is 0 Å². The molecule has 0 saturated carbocycles. The van der Waals surface area contributed by atoms with Crippen LogP contribution in [0.3, 0.4) is 0 Å². The van der Waals surface area contributed by atoms with Gasteiger partial charge in [-0.3, -0.25) is 9.59 Å². The fourth-order valence-corrected chi connectivity index (χ4v) is 10.6. The zero-order valence-electron chi connectivity index (χ0n) is 50.1. The minimum Gasteiger partial charge on any atom is -0.466 e. The molecule has 0 aromatic rings. The van der Waals surface area contributed by atoms with E-state index in [1.54, 1.807) is 0 Å². The van der Waals surface area contributed by atoms with Crippen LogP contribution in [0.4, 0.5) is 0 Å². The van der Waals surface area contributed by atoms with E-state index in [4.69, 9.17) is 4.74 Å². The molecule has 0 aliphatic carbocycles. The molecule has 6 heteroatoms. The Hall–Kier alpha value is -1.66. The highest BCUT2D eigenvalue weighted by atomic mass is 16.5. The second-order valence-electron chi connectivity index (χ2n) is 23.2. The number of amides is 1. The Morgan fingerprint density at radius 2 is 0.662 bits per heavy atom. The molecule has 0 spiro atoms. The third kappa shape index (κ3) is 59.6. The van der Waals surface area contributed by atoms with Crippen LogP contribution >= 0.6 is 0 Å². The normalized spacial score (nSPS) is 12.6. The van der Waals surface area contributed by atoms with Crippen molar-refractivity contribution >= 4 is 11.9 Å².